The Morgan fingerprint density at radius 1 is 0.969 bits per heavy atom. The summed E-state index contributed by atoms with van der Waals surface area (Å²) in [5.74, 6) is 0.820. The molecule has 1 saturated heterocycles. The number of amides is 1. The summed E-state index contributed by atoms with van der Waals surface area (Å²) in [6, 6.07) is 9.48. The van der Waals surface area contributed by atoms with Gasteiger partial charge in [0.05, 0.1) is 11.7 Å². The van der Waals surface area contributed by atoms with Crippen LogP contribution >= 0.6 is 0 Å². The van der Waals surface area contributed by atoms with Gasteiger partial charge >= 0.3 is 0 Å². The van der Waals surface area contributed by atoms with Crippen molar-refractivity contribution in [2.24, 2.45) is 7.05 Å². The van der Waals surface area contributed by atoms with Crippen molar-refractivity contribution in [2.75, 3.05) is 43.4 Å². The summed E-state index contributed by atoms with van der Waals surface area (Å²) in [6.07, 6.45) is 7.15. The summed E-state index contributed by atoms with van der Waals surface area (Å²) in [4.78, 5) is 30.7. The third kappa shape index (κ3) is 4.15. The van der Waals surface area contributed by atoms with Crippen LogP contribution in [0.1, 0.15) is 10.4 Å². The molecule has 9 heteroatoms. The molecule has 1 aliphatic heterocycles. The number of anilines is 2. The fraction of sp³-hybridized carbons (Fsp3) is 0.261. The van der Waals surface area contributed by atoms with Crippen molar-refractivity contribution in [1.82, 2.24) is 29.6 Å². The molecular weight excluding hydrogens is 404 g/mol. The smallest absolute Gasteiger partial charge is 0.258 e. The zero-order valence-corrected chi connectivity index (χ0v) is 18.1. The first-order chi connectivity index (χ1) is 15.5. The van der Waals surface area contributed by atoms with Gasteiger partial charge in [0.1, 0.15) is 5.82 Å². The van der Waals surface area contributed by atoms with E-state index < -0.39 is 0 Å². The number of nitrogens with zero attached hydrogens (tertiary/aromatic N) is 7. The fourth-order valence-corrected chi connectivity index (χ4v) is 3.78. The predicted molar refractivity (Wildman–Crippen MR) is 124 cm³/mol. The van der Waals surface area contributed by atoms with Crippen LogP contribution in [-0.4, -0.2) is 68.8 Å². The summed E-state index contributed by atoms with van der Waals surface area (Å²) >= 11 is 0. The number of carbonyl (C=O) groups excluding carboxylic acids is 1. The highest BCUT2D eigenvalue weighted by Gasteiger charge is 2.17. The van der Waals surface area contributed by atoms with Crippen LogP contribution in [0, 0.1) is 0 Å². The first-order valence-corrected chi connectivity index (χ1v) is 10.5. The lowest BCUT2D eigenvalue weighted by Gasteiger charge is -2.33. The molecule has 9 nitrogen and oxygen atoms in total. The molecule has 4 aromatic rings. The van der Waals surface area contributed by atoms with Gasteiger partial charge in [0, 0.05) is 68.3 Å². The molecule has 1 N–H and O–H groups in total. The molecule has 1 aromatic carbocycles. The fourth-order valence-electron chi connectivity index (χ4n) is 3.78. The lowest BCUT2D eigenvalue weighted by Crippen LogP contribution is -2.44. The third-order valence-corrected chi connectivity index (χ3v) is 5.68. The number of hydrogen-bond donors (Lipinski definition) is 1. The van der Waals surface area contributed by atoms with Gasteiger partial charge in [-0.1, -0.05) is 12.1 Å². The second kappa shape index (κ2) is 8.35. The number of likely N-dealkylation sites (N-methyl/N-ethyl adjacent to an activating group) is 1. The van der Waals surface area contributed by atoms with Gasteiger partial charge in [0.15, 0.2) is 0 Å². The maximum absolute atomic E-state index is 12.9. The number of hydrogen-bond acceptors (Lipinski definition) is 7. The molecule has 0 bridgehead atoms. The van der Waals surface area contributed by atoms with Crippen LogP contribution in [0.3, 0.4) is 0 Å². The van der Waals surface area contributed by atoms with Crippen LogP contribution in [0.2, 0.25) is 0 Å². The Balaban J connectivity index is 1.36. The van der Waals surface area contributed by atoms with E-state index in [4.69, 9.17) is 0 Å². The van der Waals surface area contributed by atoms with Crippen molar-refractivity contribution in [2.45, 2.75) is 0 Å². The number of nitrogens with one attached hydrogen (secondary N) is 1. The van der Waals surface area contributed by atoms with Crippen LogP contribution in [0.5, 0.6) is 0 Å². The average Bonchev–Trinajstić information content (AvgIpc) is 3.25. The first-order valence-electron chi connectivity index (χ1n) is 10.5. The van der Waals surface area contributed by atoms with Crippen molar-refractivity contribution >= 4 is 28.6 Å². The monoisotopic (exact) mass is 428 g/mol. The molecule has 0 spiro atoms. The Kier molecular flexibility index (Phi) is 5.24. The minimum absolute atomic E-state index is 0.259. The van der Waals surface area contributed by atoms with Gasteiger partial charge in [0.25, 0.3) is 5.91 Å². The number of rotatable bonds is 4. The highest BCUT2D eigenvalue weighted by Crippen LogP contribution is 2.23. The molecule has 32 heavy (non-hydrogen) atoms. The minimum atomic E-state index is -0.259. The van der Waals surface area contributed by atoms with E-state index in [2.05, 4.69) is 42.2 Å². The molecule has 0 radical (unpaired) electrons. The molecule has 1 fully saturated rings. The normalized spacial score (nSPS) is 14.6. The van der Waals surface area contributed by atoms with E-state index in [-0.39, 0.29) is 11.9 Å². The maximum Gasteiger partial charge on any atom is 0.258 e. The SMILES string of the molecule is CN1CCN(c2cc(C(=O)Nc3ncc4ccc(-c5cnn(C)c5)cc4n3)ccn2)CC1. The number of carbonyl (C=O) groups is 1. The highest BCUT2D eigenvalue weighted by atomic mass is 16.1. The summed E-state index contributed by atoms with van der Waals surface area (Å²) < 4.78 is 1.76. The zero-order valence-electron chi connectivity index (χ0n) is 18.1. The van der Waals surface area contributed by atoms with Crippen LogP contribution in [0.25, 0.3) is 22.0 Å². The molecule has 1 amide bonds. The highest BCUT2D eigenvalue weighted by molar-refractivity contribution is 6.04. The molecule has 0 saturated carbocycles. The first kappa shape index (κ1) is 20.1. The topological polar surface area (TPSA) is 92.1 Å². The average molecular weight is 429 g/mol. The van der Waals surface area contributed by atoms with Crippen molar-refractivity contribution in [3.8, 4) is 11.1 Å². The van der Waals surface area contributed by atoms with E-state index in [0.717, 1.165) is 54.0 Å². The van der Waals surface area contributed by atoms with Gasteiger partial charge < -0.3 is 9.80 Å². The predicted octanol–water partition coefficient (Wildman–Crippen LogP) is 2.43. The van der Waals surface area contributed by atoms with Crippen LogP contribution in [0.4, 0.5) is 11.8 Å². The number of pyridine rings is 1. The molecule has 5 rings (SSSR count). The standard InChI is InChI=1S/C23H24N8O/c1-29-7-9-31(10-8-29)21-12-17(5-6-24-21)22(32)28-23-25-13-18-4-3-16(11-20(18)27-23)19-14-26-30(2)15-19/h3-6,11-15H,7-10H2,1-2H3,(H,25,27,28,32). The van der Waals surface area contributed by atoms with E-state index in [1.165, 1.54) is 0 Å². The van der Waals surface area contributed by atoms with Crippen LogP contribution in [0.15, 0.2) is 55.1 Å². The number of aromatic nitrogens is 5. The quantitative estimate of drug-likeness (QED) is 0.534. The molecule has 3 aromatic heterocycles. The Labute approximate surface area is 185 Å². The van der Waals surface area contributed by atoms with Gasteiger partial charge in [0.2, 0.25) is 5.95 Å². The second-order valence-corrected chi connectivity index (χ2v) is 8.02. The van der Waals surface area contributed by atoms with E-state index >= 15 is 0 Å². The van der Waals surface area contributed by atoms with Crippen molar-refractivity contribution in [1.29, 1.82) is 0 Å². The van der Waals surface area contributed by atoms with Gasteiger partial charge in [-0.2, -0.15) is 5.10 Å². The largest absolute Gasteiger partial charge is 0.354 e. The van der Waals surface area contributed by atoms with Crippen molar-refractivity contribution in [3.63, 3.8) is 0 Å². The second-order valence-electron chi connectivity index (χ2n) is 8.02. The van der Waals surface area contributed by atoms with Gasteiger partial charge in [-0.05, 0) is 30.8 Å². The molecule has 0 aliphatic carbocycles. The summed E-state index contributed by atoms with van der Waals surface area (Å²) in [5, 5.41) is 7.94. The minimum Gasteiger partial charge on any atom is -0.354 e. The van der Waals surface area contributed by atoms with E-state index in [1.807, 2.05) is 43.7 Å². The maximum atomic E-state index is 12.9. The van der Waals surface area contributed by atoms with Crippen molar-refractivity contribution in [3.05, 3.63) is 60.7 Å². The molecule has 0 atom stereocenters. The van der Waals surface area contributed by atoms with Gasteiger partial charge in [-0.25, -0.2) is 15.0 Å². The third-order valence-electron chi connectivity index (χ3n) is 5.68. The Morgan fingerprint density at radius 2 is 1.81 bits per heavy atom. The van der Waals surface area contributed by atoms with Crippen LogP contribution in [-0.2, 0) is 7.05 Å². The Bertz CT molecular complexity index is 1280. The number of piperazine rings is 1. The molecular formula is C23H24N8O. The lowest BCUT2D eigenvalue weighted by molar-refractivity contribution is 0.102. The molecule has 162 valence electrons. The molecule has 4 heterocycles. The van der Waals surface area contributed by atoms with Gasteiger partial charge in [-0.3, -0.25) is 14.8 Å². The zero-order chi connectivity index (χ0) is 22.1. The lowest BCUT2D eigenvalue weighted by atomic mass is 10.1. The van der Waals surface area contributed by atoms with Crippen molar-refractivity contribution < 1.29 is 4.79 Å². The van der Waals surface area contributed by atoms with E-state index in [0.29, 0.717) is 5.56 Å². The van der Waals surface area contributed by atoms with Crippen LogP contribution < -0.4 is 10.2 Å². The van der Waals surface area contributed by atoms with E-state index in [9.17, 15) is 4.79 Å². The van der Waals surface area contributed by atoms with Gasteiger partial charge in [-0.15, -0.1) is 0 Å². The Hall–Kier alpha value is -3.85. The number of benzene rings is 1. The molecule has 0 unspecified atom stereocenters. The summed E-state index contributed by atoms with van der Waals surface area (Å²) in [6.45, 7) is 3.73. The summed E-state index contributed by atoms with van der Waals surface area (Å²) in [7, 11) is 3.99. The molecule has 1 aliphatic rings. The van der Waals surface area contributed by atoms with E-state index in [1.54, 1.807) is 23.1 Å². The number of aryl methyl sites for hydroxylation is 1. The Morgan fingerprint density at radius 3 is 2.59 bits per heavy atom. The summed E-state index contributed by atoms with van der Waals surface area (Å²) in [5.41, 5.74) is 3.30. The number of fused-ring (bicyclic) bond motifs is 1.